The quantitative estimate of drug-likeness (QED) is 0.566. The van der Waals surface area contributed by atoms with E-state index in [-0.39, 0.29) is 6.61 Å². The van der Waals surface area contributed by atoms with E-state index in [4.69, 9.17) is 16.1 Å². The van der Waals surface area contributed by atoms with Gasteiger partial charge in [0.25, 0.3) is 0 Å². The SMILES string of the molecule is CC(N)(C#N)CSCCO. The summed E-state index contributed by atoms with van der Waals surface area (Å²) in [5.41, 5.74) is 4.74. The Bertz CT molecular complexity index is 130. The first kappa shape index (κ1) is 9.76. The number of rotatable bonds is 4. The summed E-state index contributed by atoms with van der Waals surface area (Å²) < 4.78 is 0. The maximum absolute atomic E-state index is 8.44. The molecular formula is C6H12N2OS. The maximum atomic E-state index is 8.44. The molecule has 4 heteroatoms. The van der Waals surface area contributed by atoms with Crippen LogP contribution in [0.25, 0.3) is 0 Å². The van der Waals surface area contributed by atoms with Crippen molar-refractivity contribution in [3.8, 4) is 6.07 Å². The molecule has 0 aliphatic heterocycles. The van der Waals surface area contributed by atoms with Crippen LogP contribution in [0, 0.1) is 11.3 Å². The summed E-state index contributed by atoms with van der Waals surface area (Å²) in [4.78, 5) is 0. The molecule has 0 aliphatic rings. The van der Waals surface area contributed by atoms with E-state index >= 15 is 0 Å². The van der Waals surface area contributed by atoms with Crippen LogP contribution in [0.15, 0.2) is 0 Å². The van der Waals surface area contributed by atoms with Crippen LogP contribution >= 0.6 is 11.8 Å². The maximum Gasteiger partial charge on any atom is 0.110 e. The van der Waals surface area contributed by atoms with E-state index in [0.717, 1.165) is 0 Å². The van der Waals surface area contributed by atoms with Crippen molar-refractivity contribution in [2.45, 2.75) is 12.5 Å². The molecule has 0 amide bonds. The molecule has 0 aromatic carbocycles. The van der Waals surface area contributed by atoms with Gasteiger partial charge in [-0.3, -0.25) is 0 Å². The van der Waals surface area contributed by atoms with Gasteiger partial charge in [0.15, 0.2) is 0 Å². The summed E-state index contributed by atoms with van der Waals surface area (Å²) in [5, 5.41) is 16.8. The highest BCUT2D eigenvalue weighted by Crippen LogP contribution is 2.08. The number of hydrogen-bond donors (Lipinski definition) is 2. The van der Waals surface area contributed by atoms with Gasteiger partial charge in [-0.05, 0) is 6.92 Å². The minimum atomic E-state index is -0.750. The molecule has 0 rings (SSSR count). The molecule has 0 aromatic rings. The summed E-state index contributed by atoms with van der Waals surface area (Å²) >= 11 is 1.49. The van der Waals surface area contributed by atoms with E-state index in [0.29, 0.717) is 11.5 Å². The summed E-state index contributed by atoms with van der Waals surface area (Å²) in [6, 6.07) is 1.98. The standard InChI is InChI=1S/C6H12N2OS/c1-6(8,4-7)5-10-3-2-9/h9H,2-3,5,8H2,1H3. The zero-order chi connectivity index (χ0) is 8.04. The first-order valence-electron chi connectivity index (χ1n) is 3.01. The number of aliphatic hydroxyl groups is 1. The van der Waals surface area contributed by atoms with Gasteiger partial charge in [-0.2, -0.15) is 17.0 Å². The first-order chi connectivity index (χ1) is 4.62. The summed E-state index contributed by atoms with van der Waals surface area (Å²) in [6.07, 6.45) is 0. The van der Waals surface area contributed by atoms with Crippen LogP contribution in [0.3, 0.4) is 0 Å². The van der Waals surface area contributed by atoms with Crippen LogP contribution in [-0.2, 0) is 0 Å². The third kappa shape index (κ3) is 4.62. The number of nitrogens with zero attached hydrogens (tertiary/aromatic N) is 1. The van der Waals surface area contributed by atoms with Gasteiger partial charge < -0.3 is 10.8 Å². The fourth-order valence-electron chi connectivity index (χ4n) is 0.381. The minimum absolute atomic E-state index is 0.145. The van der Waals surface area contributed by atoms with E-state index in [2.05, 4.69) is 0 Å². The molecule has 0 heterocycles. The average Bonchev–Trinajstić information content (AvgIpc) is 1.89. The molecule has 0 aromatic heterocycles. The van der Waals surface area contributed by atoms with E-state index in [1.807, 2.05) is 6.07 Å². The van der Waals surface area contributed by atoms with E-state index < -0.39 is 5.54 Å². The molecular weight excluding hydrogens is 148 g/mol. The Morgan fingerprint density at radius 3 is 2.80 bits per heavy atom. The fourth-order valence-corrected chi connectivity index (χ4v) is 1.14. The highest BCUT2D eigenvalue weighted by atomic mass is 32.2. The lowest BCUT2D eigenvalue weighted by atomic mass is 10.1. The summed E-state index contributed by atoms with van der Waals surface area (Å²) in [5.74, 6) is 1.22. The van der Waals surface area contributed by atoms with Crippen molar-refractivity contribution in [2.24, 2.45) is 5.73 Å². The van der Waals surface area contributed by atoms with E-state index in [9.17, 15) is 0 Å². The van der Waals surface area contributed by atoms with E-state index in [1.54, 1.807) is 6.92 Å². The topological polar surface area (TPSA) is 70.0 Å². The predicted octanol–water partition coefficient (Wildman–Crippen LogP) is -0.0471. The van der Waals surface area contributed by atoms with Gasteiger partial charge in [0.1, 0.15) is 5.54 Å². The summed E-state index contributed by atoms with van der Waals surface area (Å²) in [7, 11) is 0. The monoisotopic (exact) mass is 160 g/mol. The second-order valence-electron chi connectivity index (χ2n) is 2.31. The fraction of sp³-hybridized carbons (Fsp3) is 0.833. The van der Waals surface area contributed by atoms with Gasteiger partial charge >= 0.3 is 0 Å². The third-order valence-electron chi connectivity index (χ3n) is 0.893. The normalized spacial score (nSPS) is 15.8. The van der Waals surface area contributed by atoms with Crippen molar-refractivity contribution in [1.29, 1.82) is 5.26 Å². The molecule has 3 N–H and O–H groups in total. The second-order valence-corrected chi connectivity index (χ2v) is 3.41. The molecule has 0 radical (unpaired) electrons. The lowest BCUT2D eigenvalue weighted by molar-refractivity contribution is 0.322. The number of nitrogens with two attached hydrogens (primary N) is 1. The van der Waals surface area contributed by atoms with Crippen LogP contribution < -0.4 is 5.73 Å². The number of aliphatic hydroxyl groups excluding tert-OH is 1. The lowest BCUT2D eigenvalue weighted by Gasteiger charge is -2.13. The number of thioether (sulfide) groups is 1. The van der Waals surface area contributed by atoms with Crippen molar-refractivity contribution < 1.29 is 5.11 Å². The number of hydrogen-bond acceptors (Lipinski definition) is 4. The lowest BCUT2D eigenvalue weighted by Crippen LogP contribution is -2.37. The zero-order valence-electron chi connectivity index (χ0n) is 6.00. The second kappa shape index (κ2) is 4.56. The molecule has 1 unspecified atom stereocenters. The molecule has 3 nitrogen and oxygen atoms in total. The largest absolute Gasteiger partial charge is 0.396 e. The molecule has 58 valence electrons. The average molecular weight is 160 g/mol. The van der Waals surface area contributed by atoms with Gasteiger partial charge in [-0.1, -0.05) is 0 Å². The highest BCUT2D eigenvalue weighted by Gasteiger charge is 2.15. The van der Waals surface area contributed by atoms with Gasteiger partial charge in [0.2, 0.25) is 0 Å². The molecule has 1 atom stereocenters. The van der Waals surface area contributed by atoms with Crippen LogP contribution in [0.5, 0.6) is 0 Å². The van der Waals surface area contributed by atoms with Crippen molar-refractivity contribution in [3.63, 3.8) is 0 Å². The minimum Gasteiger partial charge on any atom is -0.396 e. The molecule has 0 spiro atoms. The van der Waals surface area contributed by atoms with Gasteiger partial charge in [-0.25, -0.2) is 0 Å². The van der Waals surface area contributed by atoms with E-state index in [1.165, 1.54) is 11.8 Å². The molecule has 0 saturated carbocycles. The predicted molar refractivity (Wildman–Crippen MR) is 42.6 cm³/mol. The Hall–Kier alpha value is -0.240. The number of nitriles is 1. The summed E-state index contributed by atoms with van der Waals surface area (Å²) in [6.45, 7) is 1.82. The Morgan fingerprint density at radius 1 is 1.80 bits per heavy atom. The van der Waals surface area contributed by atoms with Crippen molar-refractivity contribution in [1.82, 2.24) is 0 Å². The molecule has 0 aliphatic carbocycles. The zero-order valence-corrected chi connectivity index (χ0v) is 6.82. The van der Waals surface area contributed by atoms with Crippen LogP contribution in [0.2, 0.25) is 0 Å². The van der Waals surface area contributed by atoms with Crippen molar-refractivity contribution >= 4 is 11.8 Å². The highest BCUT2D eigenvalue weighted by molar-refractivity contribution is 7.99. The Labute approximate surface area is 65.2 Å². The van der Waals surface area contributed by atoms with Gasteiger partial charge in [0.05, 0.1) is 12.7 Å². The van der Waals surface area contributed by atoms with Crippen LogP contribution in [0.4, 0.5) is 0 Å². The Kier molecular flexibility index (Phi) is 4.45. The van der Waals surface area contributed by atoms with Crippen LogP contribution in [-0.4, -0.2) is 28.8 Å². The van der Waals surface area contributed by atoms with Crippen molar-refractivity contribution in [2.75, 3.05) is 18.1 Å². The third-order valence-corrected chi connectivity index (χ3v) is 2.17. The Morgan fingerprint density at radius 2 is 2.40 bits per heavy atom. The molecule has 0 fully saturated rings. The van der Waals surface area contributed by atoms with Gasteiger partial charge in [0, 0.05) is 11.5 Å². The molecule has 0 saturated heterocycles. The first-order valence-corrected chi connectivity index (χ1v) is 4.16. The smallest absolute Gasteiger partial charge is 0.110 e. The van der Waals surface area contributed by atoms with Crippen molar-refractivity contribution in [3.05, 3.63) is 0 Å². The molecule has 10 heavy (non-hydrogen) atoms. The van der Waals surface area contributed by atoms with Gasteiger partial charge in [-0.15, -0.1) is 0 Å². The van der Waals surface area contributed by atoms with Crippen LogP contribution in [0.1, 0.15) is 6.92 Å². The molecule has 0 bridgehead atoms. The Balaban J connectivity index is 3.40.